The van der Waals surface area contributed by atoms with Gasteiger partial charge in [-0.15, -0.1) is 0 Å². The molecule has 10 rings (SSSR count). The van der Waals surface area contributed by atoms with E-state index >= 15 is 0 Å². The summed E-state index contributed by atoms with van der Waals surface area (Å²) in [6, 6.07) is 35.1. The molecule has 2 aliphatic rings. The third-order valence-electron chi connectivity index (χ3n) is 11.4. The summed E-state index contributed by atoms with van der Waals surface area (Å²) in [5.74, 6) is -1.26. The molecule has 0 unspecified atom stereocenters. The highest BCUT2D eigenvalue weighted by Gasteiger charge is 2.28. The normalized spacial score (nSPS) is 13.5. The van der Waals surface area contributed by atoms with Crippen molar-refractivity contribution in [1.29, 1.82) is 0 Å². The number of aromatic hydroxyl groups is 1. The van der Waals surface area contributed by atoms with Gasteiger partial charge < -0.3 is 48.8 Å². The predicted molar refractivity (Wildman–Crippen MR) is 257 cm³/mol. The molecule has 0 atom stereocenters. The number of nitrogens with zero attached hydrogens (tertiary/aromatic N) is 2. The summed E-state index contributed by atoms with van der Waals surface area (Å²) in [5.41, 5.74) is 5.24. The van der Waals surface area contributed by atoms with Crippen molar-refractivity contribution in [3.63, 3.8) is 0 Å². The quantitative estimate of drug-likeness (QED) is 0.0538. The third kappa shape index (κ3) is 11.6. The van der Waals surface area contributed by atoms with E-state index in [1.807, 2.05) is 78.9 Å². The number of nitrogens with one attached hydrogen (secondary N) is 3. The van der Waals surface area contributed by atoms with Crippen LogP contribution in [0.3, 0.4) is 0 Å². The maximum Gasteiger partial charge on any atom is 0.295 e. The Morgan fingerprint density at radius 2 is 0.884 bits per heavy atom. The van der Waals surface area contributed by atoms with Gasteiger partial charge in [0, 0.05) is 95.7 Å². The van der Waals surface area contributed by atoms with E-state index in [2.05, 4.69) is 15.0 Å². The first kappa shape index (κ1) is 47.4. The lowest BCUT2D eigenvalue weighted by Gasteiger charge is -2.25. The summed E-state index contributed by atoms with van der Waals surface area (Å²) in [5, 5.41) is 10.4. The molecule has 2 saturated heterocycles. The zero-order valence-corrected chi connectivity index (χ0v) is 37.8. The zero-order valence-electron chi connectivity index (χ0n) is 37.1. The number of benzene rings is 5. The van der Waals surface area contributed by atoms with E-state index in [1.54, 1.807) is 35.4 Å². The largest absolute Gasteiger partial charge is 0.508 e. The maximum absolute atomic E-state index is 12.6. The number of amides is 2. The van der Waals surface area contributed by atoms with Crippen LogP contribution in [0.15, 0.2) is 134 Å². The molecule has 3 aromatic heterocycles. The number of hydrogen-bond donors (Lipinski definition) is 4. The second-order valence-electron chi connectivity index (χ2n) is 15.9. The highest BCUT2D eigenvalue weighted by molar-refractivity contribution is 6.83. The van der Waals surface area contributed by atoms with Crippen molar-refractivity contribution in [1.82, 2.24) is 24.8 Å². The Morgan fingerprint density at radius 1 is 0.507 bits per heavy atom. The van der Waals surface area contributed by atoms with Crippen LogP contribution in [0.25, 0.3) is 32.7 Å². The van der Waals surface area contributed by atoms with Gasteiger partial charge in [0.15, 0.2) is 0 Å². The molecule has 17 heteroatoms. The van der Waals surface area contributed by atoms with Crippen molar-refractivity contribution in [2.75, 3.05) is 52.6 Å². The number of phenols is 1. The van der Waals surface area contributed by atoms with Crippen LogP contribution in [-0.2, 0) is 37.1 Å². The van der Waals surface area contributed by atoms with E-state index in [0.29, 0.717) is 116 Å². The van der Waals surface area contributed by atoms with Crippen molar-refractivity contribution < 1.29 is 52.8 Å². The fourth-order valence-corrected chi connectivity index (χ4v) is 7.81. The molecule has 4 N–H and O–H groups in total. The summed E-state index contributed by atoms with van der Waals surface area (Å²) in [6.07, 6.45) is 4.57. The number of ether oxygens (including phenoxy) is 4. The van der Waals surface area contributed by atoms with E-state index in [4.69, 9.17) is 30.5 Å². The van der Waals surface area contributed by atoms with Crippen LogP contribution < -0.4 is 9.47 Å². The fraction of sp³-hybridized carbons (Fsp3) is 0.192. The van der Waals surface area contributed by atoms with Gasteiger partial charge >= 0.3 is 0 Å². The highest BCUT2D eigenvalue weighted by Crippen LogP contribution is 2.27. The molecule has 69 heavy (non-hydrogen) atoms. The Bertz CT molecular complexity index is 3130. The summed E-state index contributed by atoms with van der Waals surface area (Å²) < 4.78 is 21.9. The first-order valence-corrected chi connectivity index (χ1v) is 22.3. The molecule has 352 valence electrons. The molecule has 0 bridgehead atoms. The average Bonchev–Trinajstić information content (AvgIpc) is 4.14. The fourth-order valence-electron chi connectivity index (χ4n) is 7.71. The van der Waals surface area contributed by atoms with Crippen molar-refractivity contribution in [3.8, 4) is 17.2 Å². The van der Waals surface area contributed by atoms with E-state index in [1.165, 1.54) is 29.4 Å². The number of fused-ring (bicyclic) bond motifs is 3. The van der Waals surface area contributed by atoms with Crippen LogP contribution in [0.4, 0.5) is 0 Å². The number of phenolic OH excluding ortho intramolecular Hbond substituents is 1. The van der Waals surface area contributed by atoms with Gasteiger partial charge in [-0.3, -0.25) is 28.8 Å². The number of halogens is 1. The number of ketones is 3. The second-order valence-corrected chi connectivity index (χ2v) is 16.2. The van der Waals surface area contributed by atoms with Crippen LogP contribution in [0.1, 0.15) is 42.2 Å². The van der Waals surface area contributed by atoms with Gasteiger partial charge in [-0.25, -0.2) is 0 Å². The molecular weight excluding hydrogens is 906 g/mol. The molecule has 8 aromatic rings. The summed E-state index contributed by atoms with van der Waals surface area (Å²) >= 11 is 5.24. The molecule has 0 saturated carbocycles. The minimum Gasteiger partial charge on any atom is -0.508 e. The van der Waals surface area contributed by atoms with Gasteiger partial charge in [-0.1, -0.05) is 60.7 Å². The van der Waals surface area contributed by atoms with E-state index in [9.17, 15) is 33.9 Å². The summed E-state index contributed by atoms with van der Waals surface area (Å²) in [7, 11) is 0. The predicted octanol–water partition coefficient (Wildman–Crippen LogP) is 7.40. The molecule has 2 fully saturated rings. The lowest BCUT2D eigenvalue weighted by Crippen LogP contribution is -2.44. The van der Waals surface area contributed by atoms with Gasteiger partial charge in [0.2, 0.25) is 5.78 Å². The van der Waals surface area contributed by atoms with Crippen molar-refractivity contribution >= 4 is 78.7 Å². The Morgan fingerprint density at radius 3 is 1.29 bits per heavy atom. The minimum atomic E-state index is -0.995. The number of aromatic nitrogens is 3. The van der Waals surface area contributed by atoms with Crippen LogP contribution in [0.5, 0.6) is 17.2 Å². The number of rotatable bonds is 12. The molecule has 5 aromatic carbocycles. The molecule has 16 nitrogen and oxygen atoms in total. The SMILES string of the molecule is O=C(C(=O)N1CCOCC1)c1c[nH]c2cc(O)ccc12.O=C(C(=O)N1CCOCC1)c1c[nH]c2cc(OCc3ccccc3)ccc12.O=C(Cl)C(=O)c1c[nH]c2cc(OCc3ccccc3)ccc12. The van der Waals surface area contributed by atoms with Gasteiger partial charge in [-0.05, 0) is 59.1 Å². The van der Waals surface area contributed by atoms with Gasteiger partial charge in [0.05, 0.1) is 43.1 Å². The molecule has 2 aliphatic heterocycles. The lowest BCUT2D eigenvalue weighted by molar-refractivity contribution is -0.130. The molecule has 2 amide bonds. The average molecular weight is 952 g/mol. The topological polar surface area (TPSA) is 213 Å². The first-order chi connectivity index (χ1) is 33.5. The zero-order chi connectivity index (χ0) is 48.3. The number of hydrogen-bond acceptors (Lipinski definition) is 11. The number of carbonyl (C=O) groups is 6. The van der Waals surface area contributed by atoms with Crippen molar-refractivity contribution in [3.05, 3.63) is 162 Å². The van der Waals surface area contributed by atoms with E-state index in [-0.39, 0.29) is 11.3 Å². The van der Waals surface area contributed by atoms with Crippen LogP contribution in [0, 0.1) is 0 Å². The standard InChI is InChI=1S/C21H20N2O4.C17H12ClNO3.C14H14N2O4/c24-20(21(25)23-8-10-26-11-9-23)18-13-22-19-12-16(6-7-17(18)19)27-14-15-4-2-1-3-5-15;18-17(21)16(20)14-9-19-15-8-12(6-7-13(14)15)22-10-11-4-2-1-3-5-11;17-9-1-2-10-11(8-15-12(10)7-9)13(18)14(19)16-3-5-20-6-4-16/h1-7,12-13,22H,8-11,14H2;1-9,19H,10H2;1-2,7-8,15,17H,3-6H2. The van der Waals surface area contributed by atoms with Crippen LogP contribution in [0.2, 0.25) is 0 Å². The molecular formula is C52H46ClN5O11. The lowest BCUT2D eigenvalue weighted by atomic mass is 10.1. The second kappa shape index (κ2) is 22.2. The van der Waals surface area contributed by atoms with Crippen molar-refractivity contribution in [2.45, 2.75) is 13.2 Å². The molecule has 0 spiro atoms. The number of Topliss-reactive ketones (excluding diaryl/α,β-unsaturated/α-hetero) is 3. The Balaban J connectivity index is 0.000000141. The third-order valence-corrected chi connectivity index (χ3v) is 11.5. The highest BCUT2D eigenvalue weighted by atomic mass is 35.5. The van der Waals surface area contributed by atoms with Crippen LogP contribution >= 0.6 is 11.6 Å². The Hall–Kier alpha value is -8.05. The van der Waals surface area contributed by atoms with E-state index < -0.39 is 34.4 Å². The number of H-pyrrole nitrogens is 3. The number of morpholine rings is 2. The Kier molecular flexibility index (Phi) is 15.2. The summed E-state index contributed by atoms with van der Waals surface area (Å²) in [4.78, 5) is 84.2. The smallest absolute Gasteiger partial charge is 0.295 e. The Labute approximate surface area is 399 Å². The molecule has 0 radical (unpaired) electrons. The summed E-state index contributed by atoms with van der Waals surface area (Å²) in [6.45, 7) is 4.55. The van der Waals surface area contributed by atoms with Gasteiger partial charge in [-0.2, -0.15) is 0 Å². The maximum atomic E-state index is 12.6. The number of carbonyl (C=O) groups excluding carboxylic acids is 6. The number of aromatic amines is 3. The first-order valence-electron chi connectivity index (χ1n) is 22.0. The molecule has 0 aliphatic carbocycles. The van der Waals surface area contributed by atoms with Crippen molar-refractivity contribution in [2.24, 2.45) is 0 Å². The van der Waals surface area contributed by atoms with Gasteiger partial charge in [0.25, 0.3) is 28.6 Å². The van der Waals surface area contributed by atoms with Crippen LogP contribution in [-0.4, -0.2) is 117 Å². The molecule has 5 heterocycles. The monoisotopic (exact) mass is 951 g/mol. The van der Waals surface area contributed by atoms with E-state index in [0.717, 1.165) is 16.6 Å². The van der Waals surface area contributed by atoms with Gasteiger partial charge in [0.1, 0.15) is 30.5 Å². The minimum absolute atomic E-state index is 0.109.